The number of amides is 2. The zero-order chi connectivity index (χ0) is 18.0. The van der Waals surface area contributed by atoms with Gasteiger partial charge in [-0.1, -0.05) is 6.07 Å². The lowest BCUT2D eigenvalue weighted by molar-refractivity contribution is -0.121. The number of carbonyl (C=O) groups is 3. The number of benzene rings is 2. The summed E-state index contributed by atoms with van der Waals surface area (Å²) < 4.78 is 5.08. The van der Waals surface area contributed by atoms with Crippen molar-refractivity contribution in [1.82, 2.24) is 0 Å². The highest BCUT2D eigenvalue weighted by molar-refractivity contribution is 6.23. The van der Waals surface area contributed by atoms with Gasteiger partial charge in [0.05, 0.1) is 24.8 Å². The van der Waals surface area contributed by atoms with Crippen LogP contribution in [0.2, 0.25) is 0 Å². The Morgan fingerprint density at radius 1 is 1.20 bits per heavy atom. The number of ether oxygens (including phenoxy) is 1. The molecule has 7 nitrogen and oxygen atoms in total. The van der Waals surface area contributed by atoms with E-state index in [0.717, 1.165) is 4.90 Å². The van der Waals surface area contributed by atoms with Gasteiger partial charge in [-0.15, -0.1) is 0 Å². The van der Waals surface area contributed by atoms with Crippen LogP contribution in [0.4, 0.5) is 11.4 Å². The Balaban J connectivity index is 1.80. The highest BCUT2D eigenvalue weighted by Gasteiger charge is 2.39. The van der Waals surface area contributed by atoms with E-state index in [1.165, 1.54) is 24.3 Å². The molecule has 2 aromatic carbocycles. The van der Waals surface area contributed by atoms with Crippen molar-refractivity contribution < 1.29 is 24.2 Å². The summed E-state index contributed by atoms with van der Waals surface area (Å²) in [6.07, 6.45) is 0.00214. The van der Waals surface area contributed by atoms with Gasteiger partial charge < -0.3 is 15.2 Å². The van der Waals surface area contributed by atoms with Crippen molar-refractivity contribution in [3.63, 3.8) is 0 Å². The number of hydrogen-bond donors (Lipinski definition) is 2. The number of nitrogens with zero attached hydrogens (tertiary/aromatic N) is 1. The van der Waals surface area contributed by atoms with Crippen LogP contribution in [0, 0.1) is 0 Å². The number of anilines is 2. The first-order chi connectivity index (χ1) is 12.0. The van der Waals surface area contributed by atoms with Gasteiger partial charge in [-0.05, 0) is 42.5 Å². The summed E-state index contributed by atoms with van der Waals surface area (Å²) in [5.41, 5.74) is 0.965. The average molecular weight is 340 g/mol. The van der Waals surface area contributed by atoms with E-state index in [9.17, 15) is 14.4 Å². The van der Waals surface area contributed by atoms with Crippen LogP contribution in [-0.2, 0) is 9.59 Å². The minimum absolute atomic E-state index is 0.00214. The molecule has 1 unspecified atom stereocenters. The van der Waals surface area contributed by atoms with E-state index in [4.69, 9.17) is 9.84 Å². The highest BCUT2D eigenvalue weighted by atomic mass is 16.5. The first-order valence-electron chi connectivity index (χ1n) is 7.60. The molecular formula is C18H16N2O5. The number of imide groups is 1. The quantitative estimate of drug-likeness (QED) is 0.810. The van der Waals surface area contributed by atoms with E-state index in [2.05, 4.69) is 5.32 Å². The molecule has 2 aromatic rings. The molecule has 0 spiro atoms. The van der Waals surface area contributed by atoms with E-state index >= 15 is 0 Å². The van der Waals surface area contributed by atoms with Gasteiger partial charge in [0.15, 0.2) is 0 Å². The van der Waals surface area contributed by atoms with Crippen molar-refractivity contribution >= 4 is 29.2 Å². The van der Waals surface area contributed by atoms with Gasteiger partial charge in [-0.3, -0.25) is 9.59 Å². The van der Waals surface area contributed by atoms with Crippen molar-refractivity contribution in [2.45, 2.75) is 12.5 Å². The molecule has 0 bridgehead atoms. The fourth-order valence-corrected chi connectivity index (χ4v) is 2.68. The number of methoxy groups -OCH3 is 1. The monoisotopic (exact) mass is 340 g/mol. The predicted molar refractivity (Wildman–Crippen MR) is 90.9 cm³/mol. The van der Waals surface area contributed by atoms with Crippen LogP contribution in [0.3, 0.4) is 0 Å². The van der Waals surface area contributed by atoms with Crippen LogP contribution in [0.5, 0.6) is 5.75 Å². The van der Waals surface area contributed by atoms with E-state index < -0.39 is 17.9 Å². The number of carboxylic acid groups (broad SMARTS) is 1. The van der Waals surface area contributed by atoms with Crippen LogP contribution in [0.15, 0.2) is 48.5 Å². The molecule has 2 amide bonds. The molecule has 3 rings (SSSR count). The highest BCUT2D eigenvalue weighted by Crippen LogP contribution is 2.26. The Bertz CT molecular complexity index is 832. The molecule has 0 aromatic heterocycles. The third kappa shape index (κ3) is 3.30. The minimum Gasteiger partial charge on any atom is -0.497 e. The molecule has 0 radical (unpaired) electrons. The Hall–Kier alpha value is -3.35. The summed E-state index contributed by atoms with van der Waals surface area (Å²) in [6, 6.07) is 12.1. The zero-order valence-electron chi connectivity index (χ0n) is 13.4. The third-order valence-electron chi connectivity index (χ3n) is 3.93. The topological polar surface area (TPSA) is 95.9 Å². The molecule has 0 aliphatic carbocycles. The van der Waals surface area contributed by atoms with Crippen LogP contribution in [0.25, 0.3) is 0 Å². The van der Waals surface area contributed by atoms with Crippen LogP contribution < -0.4 is 15.0 Å². The Morgan fingerprint density at radius 3 is 2.56 bits per heavy atom. The number of hydrogen-bond acceptors (Lipinski definition) is 5. The second kappa shape index (κ2) is 6.64. The van der Waals surface area contributed by atoms with Crippen LogP contribution in [-0.4, -0.2) is 36.0 Å². The van der Waals surface area contributed by atoms with Crippen molar-refractivity contribution in [2.24, 2.45) is 0 Å². The predicted octanol–water partition coefficient (Wildman–Crippen LogP) is 2.14. The Labute approximate surface area is 143 Å². The number of nitrogens with one attached hydrogen (secondary N) is 1. The van der Waals surface area contributed by atoms with Gasteiger partial charge in [0.25, 0.3) is 5.91 Å². The Morgan fingerprint density at radius 2 is 1.92 bits per heavy atom. The van der Waals surface area contributed by atoms with Crippen LogP contribution >= 0.6 is 0 Å². The summed E-state index contributed by atoms with van der Waals surface area (Å²) in [4.78, 5) is 37.0. The molecule has 1 fully saturated rings. The van der Waals surface area contributed by atoms with Crippen molar-refractivity contribution in [3.05, 3.63) is 54.1 Å². The first kappa shape index (κ1) is 16.5. The lowest BCUT2D eigenvalue weighted by Gasteiger charge is -2.16. The maximum atomic E-state index is 12.6. The summed E-state index contributed by atoms with van der Waals surface area (Å²) in [5, 5.41) is 12.1. The van der Waals surface area contributed by atoms with Crippen LogP contribution in [0.1, 0.15) is 16.8 Å². The van der Waals surface area contributed by atoms with Gasteiger partial charge in [-0.2, -0.15) is 0 Å². The second-order valence-corrected chi connectivity index (χ2v) is 5.55. The molecule has 0 saturated carbocycles. The Kier molecular flexibility index (Phi) is 4.38. The summed E-state index contributed by atoms with van der Waals surface area (Å²) >= 11 is 0. The molecule has 1 atom stereocenters. The van der Waals surface area contributed by atoms with Crippen molar-refractivity contribution in [2.75, 3.05) is 17.3 Å². The smallest absolute Gasteiger partial charge is 0.335 e. The molecule has 2 N–H and O–H groups in total. The van der Waals surface area contributed by atoms with E-state index in [0.29, 0.717) is 11.4 Å². The molecule has 25 heavy (non-hydrogen) atoms. The SMILES string of the molecule is COc1ccc(NC2CC(=O)N(c3cccc(C(=O)O)c3)C2=O)cc1. The zero-order valence-corrected chi connectivity index (χ0v) is 13.4. The maximum absolute atomic E-state index is 12.6. The lowest BCUT2D eigenvalue weighted by atomic mass is 10.2. The largest absolute Gasteiger partial charge is 0.497 e. The van der Waals surface area contributed by atoms with Gasteiger partial charge in [0.1, 0.15) is 11.8 Å². The lowest BCUT2D eigenvalue weighted by Crippen LogP contribution is -2.34. The van der Waals surface area contributed by atoms with Crippen molar-refractivity contribution in [3.8, 4) is 5.75 Å². The fraction of sp³-hybridized carbons (Fsp3) is 0.167. The maximum Gasteiger partial charge on any atom is 0.335 e. The number of aromatic carboxylic acids is 1. The fourth-order valence-electron chi connectivity index (χ4n) is 2.68. The first-order valence-corrected chi connectivity index (χ1v) is 7.60. The normalized spacial score (nSPS) is 16.8. The number of rotatable bonds is 5. The number of carboxylic acids is 1. The van der Waals surface area contributed by atoms with Gasteiger partial charge >= 0.3 is 5.97 Å². The molecule has 128 valence electrons. The van der Waals surface area contributed by atoms with Gasteiger partial charge in [0.2, 0.25) is 5.91 Å². The summed E-state index contributed by atoms with van der Waals surface area (Å²) in [6.45, 7) is 0. The minimum atomic E-state index is -1.12. The third-order valence-corrected chi connectivity index (χ3v) is 3.93. The molecule has 1 aliphatic rings. The second-order valence-electron chi connectivity index (χ2n) is 5.55. The van der Waals surface area contributed by atoms with Gasteiger partial charge in [-0.25, -0.2) is 9.69 Å². The average Bonchev–Trinajstić information content (AvgIpc) is 2.89. The van der Waals surface area contributed by atoms with E-state index in [-0.39, 0.29) is 23.6 Å². The standard InChI is InChI=1S/C18H16N2O5/c1-25-14-7-5-12(6-8-14)19-15-10-16(21)20(17(15)22)13-4-2-3-11(9-13)18(23)24/h2-9,15,19H,10H2,1H3,(H,23,24). The number of carbonyl (C=O) groups excluding carboxylic acids is 2. The van der Waals surface area contributed by atoms with E-state index in [1.807, 2.05) is 0 Å². The van der Waals surface area contributed by atoms with Crippen molar-refractivity contribution in [1.29, 1.82) is 0 Å². The molecule has 1 aliphatic heterocycles. The molecular weight excluding hydrogens is 324 g/mol. The molecule has 7 heteroatoms. The van der Waals surface area contributed by atoms with E-state index in [1.54, 1.807) is 31.4 Å². The molecule has 1 heterocycles. The van der Waals surface area contributed by atoms with Gasteiger partial charge in [0, 0.05) is 5.69 Å². The summed E-state index contributed by atoms with van der Waals surface area (Å²) in [5.74, 6) is -1.22. The molecule has 1 saturated heterocycles. The summed E-state index contributed by atoms with van der Waals surface area (Å²) in [7, 11) is 1.56.